The molecule has 0 spiro atoms. The number of rotatable bonds is 3. The molecule has 0 atom stereocenters. The van der Waals surface area contributed by atoms with Gasteiger partial charge in [0.15, 0.2) is 23.1 Å². The van der Waals surface area contributed by atoms with Crippen LogP contribution in [0.1, 0.15) is 10.5 Å². The molecule has 0 saturated heterocycles. The molecule has 0 saturated carbocycles. The fourth-order valence-electron chi connectivity index (χ4n) is 2.46. The molecule has 3 heterocycles. The summed E-state index contributed by atoms with van der Waals surface area (Å²) < 4.78 is 28.7. The first kappa shape index (κ1) is 14.9. The summed E-state index contributed by atoms with van der Waals surface area (Å²) in [5, 5.41) is 7.32. The Morgan fingerprint density at radius 1 is 1.08 bits per heavy atom. The van der Waals surface area contributed by atoms with Gasteiger partial charge in [0.05, 0.1) is 16.6 Å². The van der Waals surface area contributed by atoms with Crippen LogP contribution in [0.3, 0.4) is 0 Å². The summed E-state index contributed by atoms with van der Waals surface area (Å²) in [6.45, 7) is 0. The topological polar surface area (TPSA) is 84.2 Å². The van der Waals surface area contributed by atoms with Gasteiger partial charge in [-0.2, -0.15) is 5.10 Å². The van der Waals surface area contributed by atoms with Gasteiger partial charge in [-0.05, 0) is 24.3 Å². The van der Waals surface area contributed by atoms with Gasteiger partial charge in [-0.25, -0.2) is 13.8 Å². The Balaban J connectivity index is 1.72. The van der Waals surface area contributed by atoms with Crippen molar-refractivity contribution in [1.82, 2.24) is 25.0 Å². The largest absolute Gasteiger partial charge is 0.312 e. The van der Waals surface area contributed by atoms with Crippen LogP contribution < -0.4 is 10.9 Å². The lowest BCUT2D eigenvalue weighted by Crippen LogP contribution is -2.30. The average molecular weight is 340 g/mol. The van der Waals surface area contributed by atoms with Crippen LogP contribution in [0.4, 0.5) is 14.6 Å². The highest BCUT2D eigenvalue weighted by atomic mass is 19.2. The van der Waals surface area contributed by atoms with Crippen LogP contribution in [0.5, 0.6) is 0 Å². The zero-order valence-electron chi connectivity index (χ0n) is 12.6. The summed E-state index contributed by atoms with van der Waals surface area (Å²) in [5.74, 6) is -2.19. The quantitative estimate of drug-likeness (QED) is 0.559. The highest BCUT2D eigenvalue weighted by Gasteiger charge is 2.13. The summed E-state index contributed by atoms with van der Waals surface area (Å²) in [7, 11) is 0. The summed E-state index contributed by atoms with van der Waals surface area (Å²) in [4.78, 5) is 16.3. The molecular formula is C16H10F2N6O. The normalized spacial score (nSPS) is 11.0. The molecule has 0 aliphatic heterocycles. The van der Waals surface area contributed by atoms with Crippen molar-refractivity contribution in [2.24, 2.45) is 0 Å². The number of carbonyl (C=O) groups excluding carboxylic acids is 1. The maximum atomic E-state index is 13.5. The fraction of sp³-hybridized carbons (Fsp3) is 0. The minimum Gasteiger partial charge on any atom is -0.312 e. The van der Waals surface area contributed by atoms with Crippen molar-refractivity contribution in [2.45, 2.75) is 0 Å². The van der Waals surface area contributed by atoms with E-state index in [2.05, 4.69) is 26.0 Å². The molecule has 124 valence electrons. The van der Waals surface area contributed by atoms with Crippen LogP contribution >= 0.6 is 0 Å². The summed E-state index contributed by atoms with van der Waals surface area (Å²) in [5.41, 5.74) is 6.48. The lowest BCUT2D eigenvalue weighted by molar-refractivity contribution is 0.0956. The van der Waals surface area contributed by atoms with Crippen LogP contribution in [0.25, 0.3) is 16.6 Å². The van der Waals surface area contributed by atoms with E-state index in [-0.39, 0.29) is 17.0 Å². The number of hydrogen-bond acceptors (Lipinski definition) is 5. The molecule has 9 heteroatoms. The number of halogens is 2. The number of hydrazine groups is 1. The van der Waals surface area contributed by atoms with Crippen molar-refractivity contribution in [3.63, 3.8) is 0 Å². The molecule has 1 amide bonds. The number of benzene rings is 1. The number of nitrogens with zero attached hydrogens (tertiary/aromatic N) is 4. The highest BCUT2D eigenvalue weighted by Crippen LogP contribution is 2.24. The number of aromatic nitrogens is 4. The van der Waals surface area contributed by atoms with E-state index in [0.717, 1.165) is 12.1 Å². The predicted octanol–water partition coefficient (Wildman–Crippen LogP) is 2.31. The number of nitrogens with one attached hydrogen (secondary N) is 2. The molecule has 0 fully saturated rings. The molecule has 0 aliphatic carbocycles. The first-order chi connectivity index (χ1) is 12.1. The van der Waals surface area contributed by atoms with Gasteiger partial charge in [-0.15, -0.1) is 5.10 Å². The van der Waals surface area contributed by atoms with Gasteiger partial charge in [0.2, 0.25) is 0 Å². The van der Waals surface area contributed by atoms with Gasteiger partial charge < -0.3 is 4.40 Å². The Labute approximate surface area is 139 Å². The Kier molecular flexibility index (Phi) is 3.46. The molecule has 0 radical (unpaired) electrons. The third-order valence-electron chi connectivity index (χ3n) is 3.60. The van der Waals surface area contributed by atoms with Crippen LogP contribution in [-0.2, 0) is 0 Å². The molecule has 3 aromatic heterocycles. The summed E-state index contributed by atoms with van der Waals surface area (Å²) >= 11 is 0. The van der Waals surface area contributed by atoms with Crippen molar-refractivity contribution in [3.8, 4) is 0 Å². The van der Waals surface area contributed by atoms with Crippen molar-refractivity contribution in [2.75, 3.05) is 5.43 Å². The summed E-state index contributed by atoms with van der Waals surface area (Å²) in [6, 6.07) is 8.62. The van der Waals surface area contributed by atoms with Crippen LogP contribution in [-0.4, -0.2) is 25.5 Å². The average Bonchev–Trinajstić information content (AvgIpc) is 3.12. The standard InChI is InChI=1S/C16H10F2N6O/c17-9-7-12-14(8-10(9)18)24-6-2-4-13(24)15(20-12)22-23-16(25)11-3-1-5-19-21-11/h1-8H,(H,20,22)(H,23,25). The van der Waals surface area contributed by atoms with Gasteiger partial charge in [0, 0.05) is 24.5 Å². The molecule has 1 aromatic carbocycles. The van der Waals surface area contributed by atoms with Gasteiger partial charge >= 0.3 is 0 Å². The maximum Gasteiger partial charge on any atom is 0.290 e. The number of hydrogen-bond donors (Lipinski definition) is 2. The Hall–Kier alpha value is -3.62. The van der Waals surface area contributed by atoms with Crippen LogP contribution in [0, 0.1) is 11.6 Å². The van der Waals surface area contributed by atoms with E-state index in [4.69, 9.17) is 0 Å². The van der Waals surface area contributed by atoms with E-state index >= 15 is 0 Å². The SMILES string of the molecule is O=C(NNc1nc2cc(F)c(F)cc2n2cccc12)c1cccnn1. The minimum absolute atomic E-state index is 0.121. The van der Waals surface area contributed by atoms with Gasteiger partial charge in [0.1, 0.15) is 0 Å². The zero-order chi connectivity index (χ0) is 17.4. The highest BCUT2D eigenvalue weighted by molar-refractivity contribution is 5.93. The van der Waals surface area contributed by atoms with Gasteiger partial charge in [-0.1, -0.05) is 0 Å². The second-order valence-corrected chi connectivity index (χ2v) is 5.17. The van der Waals surface area contributed by atoms with Gasteiger partial charge in [-0.3, -0.25) is 15.6 Å². The second-order valence-electron chi connectivity index (χ2n) is 5.17. The first-order valence-electron chi connectivity index (χ1n) is 7.23. The Bertz CT molecular complexity index is 1100. The minimum atomic E-state index is -0.999. The lowest BCUT2D eigenvalue weighted by Gasteiger charge is -2.11. The van der Waals surface area contributed by atoms with Crippen molar-refractivity contribution >= 4 is 28.3 Å². The summed E-state index contributed by atoms with van der Waals surface area (Å²) in [6.07, 6.45) is 3.14. The number of carbonyl (C=O) groups is 1. The Morgan fingerprint density at radius 2 is 1.92 bits per heavy atom. The molecule has 0 unspecified atom stereocenters. The van der Waals surface area contributed by atoms with E-state index in [0.29, 0.717) is 11.0 Å². The van der Waals surface area contributed by atoms with E-state index in [1.165, 1.54) is 12.3 Å². The van der Waals surface area contributed by atoms with Crippen molar-refractivity contribution < 1.29 is 13.6 Å². The lowest BCUT2D eigenvalue weighted by atomic mass is 10.2. The first-order valence-corrected chi connectivity index (χ1v) is 7.23. The second kappa shape index (κ2) is 5.78. The van der Waals surface area contributed by atoms with Crippen molar-refractivity contribution in [1.29, 1.82) is 0 Å². The molecule has 0 aliphatic rings. The van der Waals surface area contributed by atoms with Crippen LogP contribution in [0.15, 0.2) is 48.8 Å². The maximum absolute atomic E-state index is 13.5. The smallest absolute Gasteiger partial charge is 0.290 e. The van der Waals surface area contributed by atoms with E-state index in [1.54, 1.807) is 28.8 Å². The van der Waals surface area contributed by atoms with E-state index < -0.39 is 17.5 Å². The zero-order valence-corrected chi connectivity index (χ0v) is 12.6. The fourth-order valence-corrected chi connectivity index (χ4v) is 2.46. The molecule has 4 rings (SSSR count). The predicted molar refractivity (Wildman–Crippen MR) is 85.7 cm³/mol. The van der Waals surface area contributed by atoms with E-state index in [9.17, 15) is 13.6 Å². The van der Waals surface area contributed by atoms with E-state index in [1.807, 2.05) is 0 Å². The monoisotopic (exact) mass is 340 g/mol. The molecule has 25 heavy (non-hydrogen) atoms. The molecule has 0 bridgehead atoms. The third kappa shape index (κ3) is 2.61. The Morgan fingerprint density at radius 3 is 2.72 bits per heavy atom. The molecule has 7 nitrogen and oxygen atoms in total. The third-order valence-corrected chi connectivity index (χ3v) is 3.60. The number of anilines is 1. The van der Waals surface area contributed by atoms with Crippen LogP contribution in [0.2, 0.25) is 0 Å². The molecular weight excluding hydrogens is 330 g/mol. The van der Waals surface area contributed by atoms with Gasteiger partial charge in [0.25, 0.3) is 5.91 Å². The molecule has 4 aromatic rings. The number of amides is 1. The number of fused-ring (bicyclic) bond motifs is 3. The van der Waals surface area contributed by atoms with Crippen molar-refractivity contribution in [3.05, 3.63) is 66.1 Å². The molecule has 2 N–H and O–H groups in total.